The van der Waals surface area contributed by atoms with Crippen LogP contribution in [-0.2, 0) is 16.2 Å². The van der Waals surface area contributed by atoms with Gasteiger partial charge in [-0.1, -0.05) is 18.5 Å². The number of alkyl halides is 3. The van der Waals surface area contributed by atoms with Crippen LogP contribution in [0.2, 0.25) is 5.02 Å². The van der Waals surface area contributed by atoms with Crippen molar-refractivity contribution in [2.75, 3.05) is 19.0 Å². The third kappa shape index (κ3) is 5.62. The van der Waals surface area contributed by atoms with E-state index in [1.54, 1.807) is 6.92 Å². The van der Waals surface area contributed by atoms with Crippen molar-refractivity contribution in [2.45, 2.75) is 24.4 Å². The number of hydrogen-bond acceptors (Lipinski definition) is 4. The van der Waals surface area contributed by atoms with E-state index >= 15 is 0 Å². The zero-order chi connectivity index (χ0) is 21.8. The van der Waals surface area contributed by atoms with Gasteiger partial charge in [-0.05, 0) is 42.8 Å². The molecule has 0 bridgehead atoms. The SMILES string of the molecule is CCCNS(=O)(=O)c1cc(C(=O)Nc2cc(C(F)(F)F)ccc2Cl)ccc1OC. The summed E-state index contributed by atoms with van der Waals surface area (Å²) in [7, 11) is -2.68. The summed E-state index contributed by atoms with van der Waals surface area (Å²) >= 11 is 5.88. The first-order chi connectivity index (χ1) is 13.5. The molecule has 0 unspecified atom stereocenters. The quantitative estimate of drug-likeness (QED) is 0.658. The molecule has 0 saturated carbocycles. The number of amides is 1. The number of rotatable bonds is 7. The second-order valence-corrected chi connectivity index (χ2v) is 8.05. The summed E-state index contributed by atoms with van der Waals surface area (Å²) in [5.41, 5.74) is -1.34. The van der Waals surface area contributed by atoms with Crippen LogP contribution in [0, 0.1) is 0 Å². The molecule has 0 radical (unpaired) electrons. The minimum absolute atomic E-state index is 0.0160. The number of ether oxygens (including phenoxy) is 1. The van der Waals surface area contributed by atoms with E-state index in [1.165, 1.54) is 19.2 Å². The van der Waals surface area contributed by atoms with Crippen molar-refractivity contribution in [3.63, 3.8) is 0 Å². The molecule has 0 heterocycles. The number of carbonyl (C=O) groups is 1. The highest BCUT2D eigenvalue weighted by Crippen LogP contribution is 2.34. The summed E-state index contributed by atoms with van der Waals surface area (Å²) in [6.07, 6.45) is -4.06. The van der Waals surface area contributed by atoms with Crippen molar-refractivity contribution >= 4 is 33.2 Å². The van der Waals surface area contributed by atoms with Crippen molar-refractivity contribution in [1.29, 1.82) is 0 Å². The Morgan fingerprint density at radius 3 is 2.45 bits per heavy atom. The number of benzene rings is 2. The molecule has 2 aromatic rings. The summed E-state index contributed by atoms with van der Waals surface area (Å²) in [5, 5.41) is 2.17. The maximum absolute atomic E-state index is 12.9. The van der Waals surface area contributed by atoms with Crippen LogP contribution in [0.3, 0.4) is 0 Å². The predicted molar refractivity (Wildman–Crippen MR) is 103 cm³/mol. The van der Waals surface area contributed by atoms with Gasteiger partial charge in [0.25, 0.3) is 5.91 Å². The van der Waals surface area contributed by atoms with E-state index in [4.69, 9.17) is 16.3 Å². The molecule has 6 nitrogen and oxygen atoms in total. The fraction of sp³-hybridized carbons (Fsp3) is 0.278. The summed E-state index contributed by atoms with van der Waals surface area (Å²) in [4.78, 5) is 12.2. The maximum Gasteiger partial charge on any atom is 0.416 e. The number of nitrogens with one attached hydrogen (secondary N) is 2. The van der Waals surface area contributed by atoms with E-state index in [9.17, 15) is 26.4 Å². The number of halogens is 4. The predicted octanol–water partition coefficient (Wildman–Crippen LogP) is 4.31. The molecular weight excluding hydrogens is 433 g/mol. The average Bonchev–Trinajstić information content (AvgIpc) is 2.66. The molecule has 0 aliphatic rings. The number of sulfonamides is 1. The molecule has 2 aromatic carbocycles. The van der Waals surface area contributed by atoms with Crippen LogP contribution in [-0.4, -0.2) is 28.0 Å². The largest absolute Gasteiger partial charge is 0.495 e. The molecule has 0 atom stereocenters. The second kappa shape index (κ2) is 9.02. The Kier molecular flexibility index (Phi) is 7.15. The van der Waals surface area contributed by atoms with Crippen molar-refractivity contribution in [3.8, 4) is 5.75 Å². The maximum atomic E-state index is 12.9. The molecule has 0 fully saturated rings. The zero-order valence-electron chi connectivity index (χ0n) is 15.4. The zero-order valence-corrected chi connectivity index (χ0v) is 17.0. The normalized spacial score (nSPS) is 11.9. The lowest BCUT2D eigenvalue weighted by atomic mass is 10.1. The Morgan fingerprint density at radius 1 is 1.17 bits per heavy atom. The van der Waals surface area contributed by atoms with Crippen LogP contribution in [0.5, 0.6) is 5.75 Å². The molecule has 0 saturated heterocycles. The molecule has 2 N–H and O–H groups in total. The van der Waals surface area contributed by atoms with Crippen LogP contribution >= 0.6 is 11.6 Å². The van der Waals surface area contributed by atoms with Crippen LogP contribution in [0.4, 0.5) is 18.9 Å². The van der Waals surface area contributed by atoms with Gasteiger partial charge in [-0.25, -0.2) is 13.1 Å². The second-order valence-electron chi connectivity index (χ2n) is 5.91. The molecule has 2 rings (SSSR count). The number of methoxy groups -OCH3 is 1. The van der Waals surface area contributed by atoms with Gasteiger partial charge >= 0.3 is 6.18 Å². The number of carbonyl (C=O) groups excluding carboxylic acids is 1. The van der Waals surface area contributed by atoms with Gasteiger partial charge in [0.05, 0.1) is 23.4 Å². The van der Waals surface area contributed by atoms with Gasteiger partial charge in [-0.2, -0.15) is 13.2 Å². The smallest absolute Gasteiger partial charge is 0.416 e. The van der Waals surface area contributed by atoms with Crippen LogP contribution < -0.4 is 14.8 Å². The molecule has 0 aliphatic heterocycles. The summed E-state index contributed by atoms with van der Waals surface area (Å²) in [5.74, 6) is -0.817. The molecule has 0 spiro atoms. The first-order valence-electron chi connectivity index (χ1n) is 8.35. The van der Waals surface area contributed by atoms with E-state index in [2.05, 4.69) is 10.0 Å². The minimum Gasteiger partial charge on any atom is -0.495 e. The molecule has 0 aliphatic carbocycles. The fourth-order valence-electron chi connectivity index (χ4n) is 2.33. The van der Waals surface area contributed by atoms with Gasteiger partial charge in [0.2, 0.25) is 10.0 Å². The lowest BCUT2D eigenvalue weighted by Gasteiger charge is -2.14. The Labute approximate surface area is 171 Å². The molecule has 158 valence electrons. The van der Waals surface area contributed by atoms with Crippen LogP contribution in [0.25, 0.3) is 0 Å². The standard InChI is InChI=1S/C18H18ClF3N2O4S/c1-3-8-23-29(26,27)16-9-11(4-7-15(16)28-2)17(25)24-14-10-12(18(20,21)22)5-6-13(14)19/h4-7,9-10,23H,3,8H2,1-2H3,(H,24,25). The van der Waals surface area contributed by atoms with Crippen molar-refractivity contribution < 1.29 is 31.1 Å². The Balaban J connectivity index is 2.39. The molecule has 29 heavy (non-hydrogen) atoms. The van der Waals surface area contributed by atoms with E-state index in [0.717, 1.165) is 18.2 Å². The highest BCUT2D eigenvalue weighted by Gasteiger charge is 2.31. The highest BCUT2D eigenvalue weighted by atomic mass is 35.5. The minimum atomic E-state index is -4.61. The average molecular weight is 451 g/mol. The number of anilines is 1. The third-order valence-corrected chi connectivity index (χ3v) is 5.61. The van der Waals surface area contributed by atoms with E-state index in [-0.39, 0.29) is 33.5 Å². The van der Waals surface area contributed by atoms with Crippen molar-refractivity contribution in [1.82, 2.24) is 4.72 Å². The fourth-order valence-corrected chi connectivity index (χ4v) is 3.83. The topological polar surface area (TPSA) is 84.5 Å². The van der Waals surface area contributed by atoms with E-state index in [0.29, 0.717) is 12.5 Å². The van der Waals surface area contributed by atoms with Crippen LogP contribution in [0.15, 0.2) is 41.3 Å². The number of hydrogen-bond donors (Lipinski definition) is 2. The molecular formula is C18H18ClF3N2O4S. The summed E-state index contributed by atoms with van der Waals surface area (Å²) in [6.45, 7) is 1.96. The molecule has 1 amide bonds. The first-order valence-corrected chi connectivity index (χ1v) is 10.2. The van der Waals surface area contributed by atoms with Crippen LogP contribution in [0.1, 0.15) is 29.3 Å². The molecule has 11 heteroatoms. The lowest BCUT2D eigenvalue weighted by molar-refractivity contribution is -0.137. The first kappa shape index (κ1) is 23.0. The van der Waals surface area contributed by atoms with Gasteiger partial charge in [0.15, 0.2) is 0 Å². The monoisotopic (exact) mass is 450 g/mol. The summed E-state index contributed by atoms with van der Waals surface area (Å²) in [6, 6.07) is 6.14. The van der Waals surface area contributed by atoms with Gasteiger partial charge < -0.3 is 10.1 Å². The van der Waals surface area contributed by atoms with E-state index < -0.39 is 27.7 Å². The highest BCUT2D eigenvalue weighted by molar-refractivity contribution is 7.89. The summed E-state index contributed by atoms with van der Waals surface area (Å²) < 4.78 is 70.9. The molecule has 0 aromatic heterocycles. The van der Waals surface area contributed by atoms with Gasteiger partial charge in [-0.3, -0.25) is 4.79 Å². The van der Waals surface area contributed by atoms with Gasteiger partial charge in [0, 0.05) is 12.1 Å². The van der Waals surface area contributed by atoms with E-state index in [1.807, 2.05) is 0 Å². The van der Waals surface area contributed by atoms with Gasteiger partial charge in [0.1, 0.15) is 10.6 Å². The van der Waals surface area contributed by atoms with Crippen molar-refractivity contribution in [3.05, 3.63) is 52.5 Å². The Hall–Kier alpha value is -2.30. The van der Waals surface area contributed by atoms with Crippen molar-refractivity contribution in [2.24, 2.45) is 0 Å². The Morgan fingerprint density at radius 2 is 1.86 bits per heavy atom. The lowest BCUT2D eigenvalue weighted by Crippen LogP contribution is -2.25. The Bertz CT molecular complexity index is 1010. The van der Waals surface area contributed by atoms with Gasteiger partial charge in [-0.15, -0.1) is 0 Å². The third-order valence-electron chi connectivity index (χ3n) is 3.80.